The zero-order valence-corrected chi connectivity index (χ0v) is 20.4. The van der Waals surface area contributed by atoms with Crippen LogP contribution < -0.4 is 10.1 Å². The van der Waals surface area contributed by atoms with Gasteiger partial charge in [0.25, 0.3) is 0 Å². The van der Waals surface area contributed by atoms with Crippen molar-refractivity contribution < 1.29 is 17.9 Å². The highest BCUT2D eigenvalue weighted by Crippen LogP contribution is 2.36. The van der Waals surface area contributed by atoms with Gasteiger partial charge in [-0.2, -0.15) is 0 Å². The molecule has 2 aliphatic rings. The third-order valence-electron chi connectivity index (χ3n) is 6.10. The highest BCUT2D eigenvalue weighted by Gasteiger charge is 2.31. The Kier molecular flexibility index (Phi) is 6.49. The summed E-state index contributed by atoms with van der Waals surface area (Å²) in [5.41, 5.74) is 3.37. The minimum Gasteiger partial charge on any atom is -0.494 e. The first-order valence-electron chi connectivity index (χ1n) is 11.4. The molecular weight excluding hydrogens is 491 g/mol. The average Bonchev–Trinajstić information content (AvgIpc) is 3.17. The number of amidine groups is 1. The molecule has 0 bridgehead atoms. The van der Waals surface area contributed by atoms with Crippen molar-refractivity contribution in [2.24, 2.45) is 4.99 Å². The number of aromatic nitrogens is 2. The Bertz CT molecular complexity index is 1390. The lowest BCUT2D eigenvalue weighted by Crippen LogP contribution is -2.35. The normalized spacial score (nSPS) is 17.6. The van der Waals surface area contributed by atoms with E-state index in [1.54, 1.807) is 30.6 Å². The van der Waals surface area contributed by atoms with Crippen LogP contribution in [0.4, 0.5) is 18.9 Å². The Morgan fingerprint density at radius 1 is 1.14 bits per heavy atom. The molecule has 1 atom stereocenters. The highest BCUT2D eigenvalue weighted by atomic mass is 35.5. The van der Waals surface area contributed by atoms with Gasteiger partial charge in [-0.05, 0) is 55.7 Å². The molecule has 0 spiro atoms. The lowest BCUT2D eigenvalue weighted by molar-refractivity contribution is 0.381. The number of halogens is 4. The summed E-state index contributed by atoms with van der Waals surface area (Å²) in [6.07, 6.45) is 8.26. The fourth-order valence-electron chi connectivity index (χ4n) is 4.45. The molecule has 1 N–H and O–H groups in total. The van der Waals surface area contributed by atoms with Crippen molar-refractivity contribution in [3.8, 4) is 11.4 Å². The van der Waals surface area contributed by atoms with Crippen molar-refractivity contribution >= 4 is 23.1 Å². The van der Waals surface area contributed by atoms with Gasteiger partial charge in [-0.3, -0.25) is 4.99 Å². The third kappa shape index (κ3) is 4.58. The lowest BCUT2D eigenvalue weighted by Gasteiger charge is -2.34. The molecule has 186 valence electrons. The van der Waals surface area contributed by atoms with Gasteiger partial charge in [0.2, 0.25) is 0 Å². The van der Waals surface area contributed by atoms with E-state index in [0.29, 0.717) is 47.3 Å². The summed E-state index contributed by atoms with van der Waals surface area (Å²) < 4.78 is 49.2. The van der Waals surface area contributed by atoms with Crippen LogP contribution in [0.5, 0.6) is 5.75 Å². The number of nitrogens with zero attached hydrogens (tertiary/aromatic N) is 4. The number of allylic oxidation sites excluding steroid dienone is 2. The molecule has 6 nitrogen and oxygen atoms in total. The summed E-state index contributed by atoms with van der Waals surface area (Å²) in [5, 5.41) is 3.76. The summed E-state index contributed by atoms with van der Waals surface area (Å²) in [5.74, 6) is -2.74. The van der Waals surface area contributed by atoms with Crippen molar-refractivity contribution in [2.45, 2.75) is 25.8 Å². The molecule has 0 saturated carbocycles. The summed E-state index contributed by atoms with van der Waals surface area (Å²) >= 11 is 6.46. The van der Waals surface area contributed by atoms with Gasteiger partial charge < -0.3 is 19.5 Å². The maximum absolute atomic E-state index is 14.0. The quantitative estimate of drug-likeness (QED) is 0.411. The zero-order valence-electron chi connectivity index (χ0n) is 19.6. The van der Waals surface area contributed by atoms with Crippen molar-refractivity contribution in [3.63, 3.8) is 0 Å². The van der Waals surface area contributed by atoms with E-state index in [9.17, 15) is 13.2 Å². The Labute approximate surface area is 211 Å². The molecule has 3 aromatic rings. The number of hydrogen-bond acceptors (Lipinski definition) is 5. The number of ether oxygens (including phenoxy) is 1. The van der Waals surface area contributed by atoms with Gasteiger partial charge in [0, 0.05) is 30.7 Å². The minimum atomic E-state index is -1.49. The second kappa shape index (κ2) is 9.73. The van der Waals surface area contributed by atoms with E-state index >= 15 is 0 Å². The zero-order chi connectivity index (χ0) is 25.4. The molecule has 10 heteroatoms. The van der Waals surface area contributed by atoms with Crippen LogP contribution in [0.15, 0.2) is 70.9 Å². The molecule has 0 saturated heterocycles. The van der Waals surface area contributed by atoms with E-state index in [0.717, 1.165) is 29.2 Å². The second-order valence-corrected chi connectivity index (χ2v) is 9.01. The molecule has 5 rings (SSSR count). The molecule has 36 heavy (non-hydrogen) atoms. The monoisotopic (exact) mass is 513 g/mol. The molecule has 0 radical (unpaired) electrons. The van der Waals surface area contributed by atoms with Crippen LogP contribution in [0.2, 0.25) is 0 Å². The predicted octanol–water partition coefficient (Wildman–Crippen LogP) is 6.23. The topological polar surface area (TPSA) is 54.7 Å². The van der Waals surface area contributed by atoms with E-state index in [1.165, 1.54) is 0 Å². The summed E-state index contributed by atoms with van der Waals surface area (Å²) in [6, 6.07) is 7.23. The third-order valence-corrected chi connectivity index (χ3v) is 6.31. The molecule has 0 aliphatic carbocycles. The van der Waals surface area contributed by atoms with E-state index in [-0.39, 0.29) is 0 Å². The molecule has 1 unspecified atom stereocenters. The maximum atomic E-state index is 14.0. The molecule has 0 fully saturated rings. The summed E-state index contributed by atoms with van der Waals surface area (Å²) in [7, 11) is 1.59. The number of nitrogens with one attached hydrogen (secondary N) is 1. The Morgan fingerprint density at radius 3 is 2.61 bits per heavy atom. The minimum absolute atomic E-state index is 0.310. The first-order valence-corrected chi connectivity index (χ1v) is 11.7. The number of anilines is 1. The number of rotatable bonds is 5. The number of benzene rings is 2. The van der Waals surface area contributed by atoms with Gasteiger partial charge in [0.15, 0.2) is 23.3 Å². The summed E-state index contributed by atoms with van der Waals surface area (Å²) in [6.45, 7) is 2.42. The summed E-state index contributed by atoms with van der Waals surface area (Å²) in [4.78, 5) is 10.8. The van der Waals surface area contributed by atoms with Crippen LogP contribution in [0.1, 0.15) is 30.1 Å². The van der Waals surface area contributed by atoms with E-state index in [4.69, 9.17) is 21.3 Å². The van der Waals surface area contributed by atoms with Crippen LogP contribution in [0, 0.1) is 24.4 Å². The van der Waals surface area contributed by atoms with Crippen LogP contribution >= 0.6 is 11.6 Å². The predicted molar refractivity (Wildman–Crippen MR) is 133 cm³/mol. The Hall–Kier alpha value is -3.72. The van der Waals surface area contributed by atoms with Crippen LogP contribution in [-0.2, 0) is 0 Å². The van der Waals surface area contributed by atoms with Crippen molar-refractivity contribution in [1.29, 1.82) is 0 Å². The molecular formula is C26H23ClF3N5O. The fourth-order valence-corrected chi connectivity index (χ4v) is 4.66. The number of hydrogen-bond donors (Lipinski definition) is 1. The number of imidazole rings is 1. The number of methoxy groups -OCH3 is 1. The largest absolute Gasteiger partial charge is 0.494 e. The molecule has 2 aromatic carbocycles. The van der Waals surface area contributed by atoms with Crippen LogP contribution in [0.25, 0.3) is 5.69 Å². The SMILES string of the molecule is COc1cc(NC2=CC(Cl)=CN3C2=NCCCC3c2cc(F)c(F)c(F)c2)ccc1-n1cnc(C)c1. The van der Waals surface area contributed by atoms with Gasteiger partial charge in [-0.1, -0.05) is 11.6 Å². The number of fused-ring (bicyclic) bond motifs is 1. The molecule has 1 aromatic heterocycles. The van der Waals surface area contributed by atoms with Gasteiger partial charge >= 0.3 is 0 Å². The van der Waals surface area contributed by atoms with Gasteiger partial charge in [0.1, 0.15) is 5.75 Å². The average molecular weight is 514 g/mol. The highest BCUT2D eigenvalue weighted by molar-refractivity contribution is 6.32. The smallest absolute Gasteiger partial charge is 0.194 e. The van der Waals surface area contributed by atoms with E-state index < -0.39 is 23.5 Å². The molecule has 3 heterocycles. The van der Waals surface area contributed by atoms with Crippen molar-refractivity contribution in [2.75, 3.05) is 19.0 Å². The van der Waals surface area contributed by atoms with Crippen molar-refractivity contribution in [1.82, 2.24) is 14.5 Å². The Balaban J connectivity index is 1.47. The first kappa shape index (κ1) is 24.0. The van der Waals surface area contributed by atoms with Crippen molar-refractivity contribution in [3.05, 3.63) is 94.6 Å². The van der Waals surface area contributed by atoms with Crippen LogP contribution in [-0.4, -0.2) is 33.9 Å². The van der Waals surface area contributed by atoms with E-state index in [1.807, 2.05) is 35.9 Å². The van der Waals surface area contributed by atoms with Gasteiger partial charge in [-0.15, -0.1) is 0 Å². The number of aliphatic imine (C=N–C) groups is 1. The lowest BCUT2D eigenvalue weighted by atomic mass is 9.99. The van der Waals surface area contributed by atoms with E-state index in [2.05, 4.69) is 10.3 Å². The molecule has 2 aliphatic heterocycles. The van der Waals surface area contributed by atoms with Crippen LogP contribution in [0.3, 0.4) is 0 Å². The second-order valence-electron chi connectivity index (χ2n) is 8.58. The standard InChI is InChI=1S/C26H23ClF3N5O/c1-15-12-34(14-32-15)23-6-5-18(11-24(23)36-2)33-21-10-17(27)13-35-22(4-3-7-31-26(21)35)16-8-19(28)25(30)20(29)9-16/h5-6,8-14,22,33H,3-4,7H2,1-2H3. The molecule has 0 amide bonds. The fraction of sp³-hybridized carbons (Fsp3) is 0.231. The maximum Gasteiger partial charge on any atom is 0.194 e. The van der Waals surface area contributed by atoms with Gasteiger partial charge in [-0.25, -0.2) is 18.2 Å². The Morgan fingerprint density at radius 2 is 1.92 bits per heavy atom. The first-order chi connectivity index (χ1) is 17.3. The number of aryl methyl sites for hydroxylation is 1. The van der Waals surface area contributed by atoms with Gasteiger partial charge in [0.05, 0.1) is 41.6 Å².